The lowest BCUT2D eigenvalue weighted by molar-refractivity contribution is -0.139. The highest BCUT2D eigenvalue weighted by Gasteiger charge is 2.20. The molecular weight excluding hydrogens is 295 g/mol. The monoisotopic (exact) mass is 316 g/mol. The Morgan fingerprint density at radius 2 is 1.83 bits per heavy atom. The summed E-state index contributed by atoms with van der Waals surface area (Å²) in [6.07, 6.45) is 0.991. The van der Waals surface area contributed by atoms with Gasteiger partial charge < -0.3 is 9.84 Å². The lowest BCUT2D eigenvalue weighted by atomic mass is 9.94. The number of para-hydroxylation sites is 1. The van der Waals surface area contributed by atoms with Crippen molar-refractivity contribution in [3.05, 3.63) is 65.0 Å². The summed E-state index contributed by atoms with van der Waals surface area (Å²) in [6, 6.07) is 11.7. The number of hydrogen-bond donors (Lipinski definition) is 1. The van der Waals surface area contributed by atoms with Crippen LogP contribution in [0.15, 0.2) is 42.5 Å². The molecule has 2 aromatic rings. The summed E-state index contributed by atoms with van der Waals surface area (Å²) in [6.45, 7) is 4.40. The van der Waals surface area contributed by atoms with E-state index >= 15 is 0 Å². The van der Waals surface area contributed by atoms with Crippen molar-refractivity contribution in [1.29, 1.82) is 0 Å². The molecule has 0 aliphatic carbocycles. The van der Waals surface area contributed by atoms with Gasteiger partial charge in [-0.15, -0.1) is 0 Å². The lowest BCUT2D eigenvalue weighted by Crippen LogP contribution is -2.13. The van der Waals surface area contributed by atoms with Crippen LogP contribution in [0.2, 0.25) is 0 Å². The van der Waals surface area contributed by atoms with E-state index in [1.54, 1.807) is 6.07 Å². The molecule has 2 aromatic carbocycles. The Hall–Kier alpha value is -2.36. The average molecular weight is 316 g/mol. The summed E-state index contributed by atoms with van der Waals surface area (Å²) < 4.78 is 19.1. The van der Waals surface area contributed by atoms with Crippen molar-refractivity contribution >= 4 is 5.97 Å². The second-order valence-corrected chi connectivity index (χ2v) is 5.66. The highest BCUT2D eigenvalue weighted by molar-refractivity contribution is 5.76. The molecule has 0 spiro atoms. The summed E-state index contributed by atoms with van der Waals surface area (Å²) in [7, 11) is 0. The van der Waals surface area contributed by atoms with Gasteiger partial charge in [-0.05, 0) is 55.5 Å². The normalized spacial score (nSPS) is 12.0. The molecule has 1 unspecified atom stereocenters. The van der Waals surface area contributed by atoms with E-state index in [1.807, 2.05) is 32.0 Å². The molecule has 23 heavy (non-hydrogen) atoms. The van der Waals surface area contributed by atoms with E-state index in [0.717, 1.165) is 16.9 Å². The summed E-state index contributed by atoms with van der Waals surface area (Å²) in [5, 5.41) is 9.36. The molecule has 0 radical (unpaired) electrons. The molecule has 2 rings (SSSR count). The van der Waals surface area contributed by atoms with Crippen LogP contribution in [0.5, 0.6) is 5.75 Å². The number of aliphatic carboxylic acids is 1. The van der Waals surface area contributed by atoms with E-state index in [1.165, 1.54) is 18.2 Å². The molecule has 0 aliphatic heterocycles. The van der Waals surface area contributed by atoms with Crippen molar-refractivity contribution in [1.82, 2.24) is 0 Å². The van der Waals surface area contributed by atoms with Crippen molar-refractivity contribution in [2.24, 2.45) is 0 Å². The molecule has 122 valence electrons. The predicted molar refractivity (Wildman–Crippen MR) is 87.4 cm³/mol. The van der Waals surface area contributed by atoms with Crippen molar-refractivity contribution in [2.75, 3.05) is 6.61 Å². The number of carboxylic acid groups (broad SMARTS) is 1. The summed E-state index contributed by atoms with van der Waals surface area (Å²) in [5.41, 5.74) is 2.61. The molecule has 0 aliphatic rings. The quantitative estimate of drug-likeness (QED) is 0.767. The van der Waals surface area contributed by atoms with Gasteiger partial charge >= 0.3 is 5.97 Å². The Labute approximate surface area is 135 Å². The molecule has 1 atom stereocenters. The Bertz CT molecular complexity index is 662. The number of benzene rings is 2. The molecular formula is C19H21FO3. The van der Waals surface area contributed by atoms with Gasteiger partial charge in [-0.1, -0.05) is 30.3 Å². The van der Waals surface area contributed by atoms with Gasteiger partial charge in [0.05, 0.1) is 12.5 Å². The first kappa shape index (κ1) is 17.0. The SMILES string of the molecule is Cc1cccc(C)c1OCCCC(C(=O)O)c1cccc(F)c1. The van der Waals surface area contributed by atoms with Crippen molar-refractivity contribution in [2.45, 2.75) is 32.6 Å². The van der Waals surface area contributed by atoms with Crippen LogP contribution in [0, 0.1) is 19.7 Å². The Morgan fingerprint density at radius 1 is 1.17 bits per heavy atom. The third-order valence-corrected chi connectivity index (χ3v) is 3.84. The summed E-state index contributed by atoms with van der Waals surface area (Å²) >= 11 is 0. The molecule has 0 bridgehead atoms. The summed E-state index contributed by atoms with van der Waals surface area (Å²) in [4.78, 5) is 11.4. The topological polar surface area (TPSA) is 46.5 Å². The number of ether oxygens (including phenoxy) is 1. The van der Waals surface area contributed by atoms with Crippen LogP contribution >= 0.6 is 0 Å². The maximum Gasteiger partial charge on any atom is 0.310 e. The zero-order valence-corrected chi connectivity index (χ0v) is 13.4. The minimum Gasteiger partial charge on any atom is -0.493 e. The van der Waals surface area contributed by atoms with Crippen molar-refractivity contribution in [3.63, 3.8) is 0 Å². The minimum absolute atomic E-state index is 0.406. The van der Waals surface area contributed by atoms with Gasteiger partial charge in [0.1, 0.15) is 11.6 Å². The van der Waals surface area contributed by atoms with Gasteiger partial charge in [0, 0.05) is 0 Å². The number of rotatable bonds is 7. The molecule has 0 amide bonds. The molecule has 0 fully saturated rings. The van der Waals surface area contributed by atoms with Gasteiger partial charge in [-0.25, -0.2) is 4.39 Å². The highest BCUT2D eigenvalue weighted by Crippen LogP contribution is 2.25. The van der Waals surface area contributed by atoms with Crippen LogP contribution < -0.4 is 4.74 Å². The summed E-state index contributed by atoms with van der Waals surface area (Å²) in [5.74, 6) is -1.22. The Balaban J connectivity index is 1.94. The molecule has 3 nitrogen and oxygen atoms in total. The van der Waals surface area contributed by atoms with Crippen LogP contribution in [0.1, 0.15) is 35.4 Å². The lowest BCUT2D eigenvalue weighted by Gasteiger charge is -2.15. The molecule has 0 heterocycles. The van der Waals surface area contributed by atoms with Gasteiger partial charge in [-0.2, -0.15) is 0 Å². The van der Waals surface area contributed by atoms with Crippen LogP contribution in [-0.4, -0.2) is 17.7 Å². The van der Waals surface area contributed by atoms with E-state index in [9.17, 15) is 14.3 Å². The molecule has 1 N–H and O–H groups in total. The van der Waals surface area contributed by atoms with E-state index in [2.05, 4.69) is 0 Å². The minimum atomic E-state index is -0.942. The van der Waals surface area contributed by atoms with E-state index in [0.29, 0.717) is 25.0 Å². The standard InChI is InChI=1S/C19H21FO3/c1-13-6-3-7-14(2)18(13)23-11-5-10-17(19(21)22)15-8-4-9-16(20)12-15/h3-4,6-9,12,17H,5,10-11H2,1-2H3,(H,21,22). The largest absolute Gasteiger partial charge is 0.493 e. The molecule has 0 saturated carbocycles. The van der Waals surface area contributed by atoms with Gasteiger partial charge in [0.15, 0.2) is 0 Å². The van der Waals surface area contributed by atoms with Crippen molar-refractivity contribution < 1.29 is 19.0 Å². The first-order valence-electron chi connectivity index (χ1n) is 7.66. The maximum atomic E-state index is 13.3. The molecule has 0 saturated heterocycles. The van der Waals surface area contributed by atoms with Gasteiger partial charge in [-0.3, -0.25) is 4.79 Å². The predicted octanol–water partition coefficient (Wildman–Crippen LogP) is 4.47. The van der Waals surface area contributed by atoms with E-state index in [4.69, 9.17) is 4.74 Å². The fourth-order valence-electron chi connectivity index (χ4n) is 2.64. The number of aryl methyl sites for hydroxylation is 2. The van der Waals surface area contributed by atoms with Gasteiger partial charge in [0.25, 0.3) is 0 Å². The van der Waals surface area contributed by atoms with E-state index in [-0.39, 0.29) is 0 Å². The first-order chi connectivity index (χ1) is 11.0. The van der Waals surface area contributed by atoms with Crippen molar-refractivity contribution in [3.8, 4) is 5.75 Å². The van der Waals surface area contributed by atoms with E-state index < -0.39 is 17.7 Å². The Kier molecular flexibility index (Phi) is 5.74. The zero-order chi connectivity index (χ0) is 16.8. The Morgan fingerprint density at radius 3 is 2.43 bits per heavy atom. The zero-order valence-electron chi connectivity index (χ0n) is 13.4. The van der Waals surface area contributed by atoms with Crippen LogP contribution in [0.25, 0.3) is 0 Å². The molecule has 0 aromatic heterocycles. The molecule has 4 heteroatoms. The fraction of sp³-hybridized carbons (Fsp3) is 0.316. The van der Waals surface area contributed by atoms with Gasteiger partial charge in [0.2, 0.25) is 0 Å². The second kappa shape index (κ2) is 7.77. The highest BCUT2D eigenvalue weighted by atomic mass is 19.1. The average Bonchev–Trinajstić information content (AvgIpc) is 2.49. The second-order valence-electron chi connectivity index (χ2n) is 5.66. The number of carbonyl (C=O) groups is 1. The van der Waals surface area contributed by atoms with Crippen LogP contribution in [0.4, 0.5) is 4.39 Å². The smallest absolute Gasteiger partial charge is 0.310 e. The number of halogens is 1. The van der Waals surface area contributed by atoms with Crippen LogP contribution in [0.3, 0.4) is 0 Å². The first-order valence-corrected chi connectivity index (χ1v) is 7.66. The fourth-order valence-corrected chi connectivity index (χ4v) is 2.64. The van der Waals surface area contributed by atoms with Crippen LogP contribution in [-0.2, 0) is 4.79 Å². The maximum absolute atomic E-state index is 13.3. The number of carboxylic acids is 1. The number of hydrogen-bond acceptors (Lipinski definition) is 2. The third kappa shape index (κ3) is 4.55. The third-order valence-electron chi connectivity index (χ3n) is 3.84.